The van der Waals surface area contributed by atoms with Gasteiger partial charge in [-0.2, -0.15) is 0 Å². The number of nitrogens with one attached hydrogen (secondary N) is 1. The van der Waals surface area contributed by atoms with Crippen LogP contribution >= 0.6 is 0 Å². The van der Waals surface area contributed by atoms with Crippen LogP contribution in [0.25, 0.3) is 0 Å². The van der Waals surface area contributed by atoms with Gasteiger partial charge in [-0.25, -0.2) is 8.78 Å². The molecule has 1 unspecified atom stereocenters. The lowest BCUT2D eigenvalue weighted by Gasteiger charge is -2.56. The molecule has 1 amide bonds. The lowest BCUT2D eigenvalue weighted by atomic mass is 9.60. The first kappa shape index (κ1) is 24.1. The molecule has 0 radical (unpaired) electrons. The van der Waals surface area contributed by atoms with Crippen molar-refractivity contribution >= 4 is 17.9 Å². The van der Waals surface area contributed by atoms with Gasteiger partial charge >= 0.3 is 0 Å². The van der Waals surface area contributed by atoms with E-state index in [0.717, 1.165) is 52.1 Å². The highest BCUT2D eigenvalue weighted by Crippen LogP contribution is 2.51. The summed E-state index contributed by atoms with van der Waals surface area (Å²) in [6, 6.07) is 3.38. The average Bonchev–Trinajstić information content (AvgIpc) is 2.79. The number of piperazine rings is 1. The molecule has 4 rings (SSSR count). The molecule has 3 aliphatic rings. The zero-order chi connectivity index (χ0) is 23.6. The smallest absolute Gasteiger partial charge is 0.227 e. The van der Waals surface area contributed by atoms with Crippen LogP contribution in [0.4, 0.5) is 14.5 Å². The van der Waals surface area contributed by atoms with E-state index in [1.807, 2.05) is 0 Å². The van der Waals surface area contributed by atoms with Crippen molar-refractivity contribution in [3.63, 3.8) is 0 Å². The van der Waals surface area contributed by atoms with Gasteiger partial charge in [0, 0.05) is 70.0 Å². The molecule has 1 aromatic rings. The van der Waals surface area contributed by atoms with Gasteiger partial charge in [-0.05, 0) is 56.7 Å². The van der Waals surface area contributed by atoms with Gasteiger partial charge in [-0.3, -0.25) is 9.69 Å². The van der Waals surface area contributed by atoms with Gasteiger partial charge in [0.2, 0.25) is 5.91 Å². The molecule has 2 aliphatic heterocycles. The second kappa shape index (κ2) is 10.1. The number of aldehydes is 1. The Kier molecular flexibility index (Phi) is 7.34. The highest BCUT2D eigenvalue weighted by Gasteiger charge is 2.48. The fourth-order valence-corrected chi connectivity index (χ4v) is 5.93. The maximum Gasteiger partial charge on any atom is 0.227 e. The summed E-state index contributed by atoms with van der Waals surface area (Å²) in [4.78, 5) is 30.0. The highest BCUT2D eigenvalue weighted by atomic mass is 19.1. The number of anilines is 1. The van der Waals surface area contributed by atoms with Gasteiger partial charge in [0.05, 0.1) is 5.92 Å². The minimum atomic E-state index is -1.01. The Morgan fingerprint density at radius 1 is 1.12 bits per heavy atom. The van der Waals surface area contributed by atoms with E-state index in [2.05, 4.69) is 27.1 Å². The molecular formula is C25H36F2N4O2. The molecule has 1 aromatic carbocycles. The van der Waals surface area contributed by atoms with Crippen LogP contribution in [0.2, 0.25) is 0 Å². The maximum atomic E-state index is 15.0. The number of carbonyl (C=O) groups is 2. The number of hydrogen-bond donors (Lipinski definition) is 1. The summed E-state index contributed by atoms with van der Waals surface area (Å²) in [5.41, 5.74) is 0.660. The van der Waals surface area contributed by atoms with Crippen LogP contribution in [-0.4, -0.2) is 81.4 Å². The van der Waals surface area contributed by atoms with Crippen molar-refractivity contribution in [3.8, 4) is 0 Å². The van der Waals surface area contributed by atoms with Crippen LogP contribution in [0.15, 0.2) is 12.1 Å². The number of likely N-dealkylation sites (N-methyl/N-ethyl adjacent to an activating group) is 2. The molecule has 1 saturated carbocycles. The minimum absolute atomic E-state index is 0.0715. The molecule has 1 atom stereocenters. The van der Waals surface area contributed by atoms with Crippen molar-refractivity contribution in [1.29, 1.82) is 0 Å². The number of nitrogens with zero attached hydrogens (tertiary/aromatic N) is 3. The van der Waals surface area contributed by atoms with E-state index in [0.29, 0.717) is 23.4 Å². The first-order chi connectivity index (χ1) is 15.9. The molecule has 2 saturated heterocycles. The SMILES string of the molecule is CNC(=O)C(CCC=O)c1c(F)cc(N2CCC3(CC2)CC(N2CCN(C)CC2)C3)cc1F. The standard InChI is InChI=1S/C25H36F2N4O2/c1-28-24(33)20(4-3-13-32)23-21(26)14-18(15-22(23)27)30-7-5-25(6-8-30)16-19(17-25)31-11-9-29(2)10-12-31/h13-15,19-20H,3-12,16-17H2,1-2H3,(H,28,33). The summed E-state index contributed by atoms with van der Waals surface area (Å²) < 4.78 is 30.0. The minimum Gasteiger partial charge on any atom is -0.371 e. The zero-order valence-corrected chi connectivity index (χ0v) is 19.8. The Morgan fingerprint density at radius 2 is 1.73 bits per heavy atom. The molecule has 1 N–H and O–H groups in total. The highest BCUT2D eigenvalue weighted by molar-refractivity contribution is 5.84. The molecule has 1 aliphatic carbocycles. The van der Waals surface area contributed by atoms with Crippen LogP contribution in [0.5, 0.6) is 0 Å². The van der Waals surface area contributed by atoms with E-state index in [-0.39, 0.29) is 18.4 Å². The molecule has 0 aromatic heterocycles. The summed E-state index contributed by atoms with van der Waals surface area (Å²) in [7, 11) is 3.61. The first-order valence-electron chi connectivity index (χ1n) is 12.2. The van der Waals surface area contributed by atoms with E-state index in [1.165, 1.54) is 32.0 Å². The Bertz CT molecular complexity index is 833. The van der Waals surface area contributed by atoms with Gasteiger partial charge in [0.15, 0.2) is 0 Å². The van der Waals surface area contributed by atoms with Crippen molar-refractivity contribution in [1.82, 2.24) is 15.1 Å². The Balaban J connectivity index is 1.38. The molecule has 1 spiro atoms. The van der Waals surface area contributed by atoms with Gasteiger partial charge in [0.1, 0.15) is 17.9 Å². The average molecular weight is 463 g/mol. The molecule has 33 heavy (non-hydrogen) atoms. The molecule has 2 heterocycles. The van der Waals surface area contributed by atoms with Crippen molar-refractivity contribution in [3.05, 3.63) is 29.3 Å². The summed E-state index contributed by atoms with van der Waals surface area (Å²) >= 11 is 0. The quantitative estimate of drug-likeness (QED) is 0.632. The van der Waals surface area contributed by atoms with E-state index in [1.54, 1.807) is 0 Å². The van der Waals surface area contributed by atoms with E-state index < -0.39 is 23.5 Å². The maximum absolute atomic E-state index is 15.0. The normalized spacial score (nSPS) is 22.7. The number of piperidine rings is 1. The second-order valence-electron chi connectivity index (χ2n) is 10.1. The molecule has 182 valence electrons. The Morgan fingerprint density at radius 3 is 2.27 bits per heavy atom. The fourth-order valence-electron chi connectivity index (χ4n) is 5.93. The number of benzene rings is 1. The zero-order valence-electron chi connectivity index (χ0n) is 19.8. The van der Waals surface area contributed by atoms with Crippen molar-refractivity contribution in [2.75, 3.05) is 58.3 Å². The topological polar surface area (TPSA) is 55.9 Å². The number of hydrogen-bond acceptors (Lipinski definition) is 5. The van der Waals surface area contributed by atoms with Crippen LogP contribution in [0, 0.1) is 17.0 Å². The molecule has 3 fully saturated rings. The number of carbonyl (C=O) groups excluding carboxylic acids is 2. The lowest BCUT2D eigenvalue weighted by Crippen LogP contribution is -2.58. The van der Waals surface area contributed by atoms with Gasteiger partial charge in [-0.15, -0.1) is 0 Å². The first-order valence-corrected chi connectivity index (χ1v) is 12.2. The van der Waals surface area contributed by atoms with Crippen LogP contribution in [0.1, 0.15) is 50.0 Å². The molecule has 6 nitrogen and oxygen atoms in total. The predicted octanol–water partition coefficient (Wildman–Crippen LogP) is 2.77. The number of amides is 1. The third-order valence-corrected chi connectivity index (χ3v) is 8.13. The van der Waals surface area contributed by atoms with E-state index in [9.17, 15) is 9.59 Å². The number of halogens is 2. The third-order valence-electron chi connectivity index (χ3n) is 8.13. The van der Waals surface area contributed by atoms with Gasteiger partial charge < -0.3 is 19.9 Å². The summed E-state index contributed by atoms with van der Waals surface area (Å²) in [5.74, 6) is -2.94. The Labute approximate surface area is 195 Å². The lowest BCUT2D eigenvalue weighted by molar-refractivity contribution is -0.122. The Hall–Kier alpha value is -2.06. The van der Waals surface area contributed by atoms with Crippen LogP contribution < -0.4 is 10.2 Å². The summed E-state index contributed by atoms with van der Waals surface area (Å²) in [5, 5.41) is 2.45. The van der Waals surface area contributed by atoms with Crippen LogP contribution in [0.3, 0.4) is 0 Å². The largest absolute Gasteiger partial charge is 0.371 e. The van der Waals surface area contributed by atoms with Crippen molar-refractivity contribution < 1.29 is 18.4 Å². The van der Waals surface area contributed by atoms with E-state index in [4.69, 9.17) is 0 Å². The fraction of sp³-hybridized carbons (Fsp3) is 0.680. The van der Waals surface area contributed by atoms with Crippen molar-refractivity contribution in [2.45, 2.75) is 50.5 Å². The molecule has 0 bridgehead atoms. The predicted molar refractivity (Wildman–Crippen MR) is 124 cm³/mol. The van der Waals surface area contributed by atoms with Crippen molar-refractivity contribution in [2.24, 2.45) is 5.41 Å². The second-order valence-corrected chi connectivity index (χ2v) is 10.1. The monoisotopic (exact) mass is 462 g/mol. The van der Waals surface area contributed by atoms with Gasteiger partial charge in [-0.1, -0.05) is 0 Å². The van der Waals surface area contributed by atoms with Crippen LogP contribution in [-0.2, 0) is 9.59 Å². The summed E-state index contributed by atoms with van der Waals surface area (Å²) in [6.45, 7) is 6.16. The molecule has 8 heteroatoms. The van der Waals surface area contributed by atoms with Gasteiger partial charge in [0.25, 0.3) is 0 Å². The van der Waals surface area contributed by atoms with E-state index >= 15 is 8.78 Å². The number of rotatable bonds is 7. The summed E-state index contributed by atoms with van der Waals surface area (Å²) in [6.07, 6.45) is 5.37. The third kappa shape index (κ3) is 5.06. The molecular weight excluding hydrogens is 426 g/mol.